The number of carbonyl (C=O) groups excluding carboxylic acids is 1. The maximum absolute atomic E-state index is 12.8. The van der Waals surface area contributed by atoms with Crippen molar-refractivity contribution in [2.75, 3.05) is 32.1 Å². The number of hydrogen-bond acceptors (Lipinski definition) is 6. The third-order valence-corrected chi connectivity index (χ3v) is 5.39. The average Bonchev–Trinajstić information content (AvgIpc) is 3.11. The number of likely N-dealkylation sites (tertiary alicyclic amines) is 1. The number of ether oxygens (including phenoxy) is 2. The highest BCUT2D eigenvalue weighted by molar-refractivity contribution is 5.94. The molecule has 0 bridgehead atoms. The van der Waals surface area contributed by atoms with Crippen LogP contribution in [0.5, 0.6) is 5.75 Å². The number of piperidine rings is 1. The number of nitrogens with zero attached hydrogens (tertiary/aromatic N) is 3. The monoisotopic (exact) mass is 368 g/mol. The molecule has 1 amide bonds. The summed E-state index contributed by atoms with van der Waals surface area (Å²) in [7, 11) is 1.61. The molecular formula is C20H24N4O3. The molecule has 2 aromatic rings. The SMILES string of the molecule is COc1cccc(C(=O)N2CCC3(CC2)C[C@@H](Nc2ncccn2)CO3)c1. The predicted molar refractivity (Wildman–Crippen MR) is 101 cm³/mol. The number of hydrogen-bond donors (Lipinski definition) is 1. The minimum atomic E-state index is -0.155. The van der Waals surface area contributed by atoms with Crippen molar-refractivity contribution in [1.82, 2.24) is 14.9 Å². The molecular weight excluding hydrogens is 344 g/mol. The summed E-state index contributed by atoms with van der Waals surface area (Å²) < 4.78 is 11.4. The van der Waals surface area contributed by atoms with Crippen LogP contribution in [0.15, 0.2) is 42.7 Å². The Kier molecular flexibility index (Phi) is 4.94. The number of amides is 1. The zero-order valence-corrected chi connectivity index (χ0v) is 15.4. The minimum Gasteiger partial charge on any atom is -0.497 e. The van der Waals surface area contributed by atoms with Gasteiger partial charge in [0.2, 0.25) is 5.95 Å². The van der Waals surface area contributed by atoms with Crippen LogP contribution in [0, 0.1) is 0 Å². The molecule has 1 N–H and O–H groups in total. The lowest BCUT2D eigenvalue weighted by Gasteiger charge is -2.38. The number of anilines is 1. The summed E-state index contributed by atoms with van der Waals surface area (Å²) in [6.45, 7) is 2.04. The number of benzene rings is 1. The third-order valence-electron chi connectivity index (χ3n) is 5.39. The Hall–Kier alpha value is -2.67. The van der Waals surface area contributed by atoms with Gasteiger partial charge in [0.05, 0.1) is 25.4 Å². The van der Waals surface area contributed by atoms with Gasteiger partial charge in [-0.05, 0) is 43.5 Å². The summed E-state index contributed by atoms with van der Waals surface area (Å²) in [5, 5.41) is 3.34. The van der Waals surface area contributed by atoms with E-state index in [1.54, 1.807) is 31.6 Å². The molecule has 4 rings (SSSR count). The smallest absolute Gasteiger partial charge is 0.253 e. The van der Waals surface area contributed by atoms with Crippen LogP contribution in [0.2, 0.25) is 0 Å². The Morgan fingerprint density at radius 3 is 2.78 bits per heavy atom. The first-order chi connectivity index (χ1) is 13.2. The number of aromatic nitrogens is 2. The molecule has 7 nitrogen and oxygen atoms in total. The quantitative estimate of drug-likeness (QED) is 0.893. The van der Waals surface area contributed by atoms with E-state index in [1.165, 1.54) is 0 Å². The Labute approximate surface area is 158 Å². The van der Waals surface area contributed by atoms with E-state index in [0.29, 0.717) is 37.0 Å². The van der Waals surface area contributed by atoms with Crippen molar-refractivity contribution in [2.24, 2.45) is 0 Å². The van der Waals surface area contributed by atoms with E-state index in [0.717, 1.165) is 19.3 Å². The van der Waals surface area contributed by atoms with Gasteiger partial charge in [-0.1, -0.05) is 6.07 Å². The molecule has 142 valence electrons. The Morgan fingerprint density at radius 1 is 1.26 bits per heavy atom. The van der Waals surface area contributed by atoms with Crippen LogP contribution in [0.25, 0.3) is 0 Å². The molecule has 1 spiro atoms. The highest BCUT2D eigenvalue weighted by Crippen LogP contribution is 2.37. The van der Waals surface area contributed by atoms with Crippen molar-refractivity contribution in [1.29, 1.82) is 0 Å². The topological polar surface area (TPSA) is 76.6 Å². The van der Waals surface area contributed by atoms with Gasteiger partial charge >= 0.3 is 0 Å². The number of carbonyl (C=O) groups is 1. The van der Waals surface area contributed by atoms with E-state index >= 15 is 0 Å². The van der Waals surface area contributed by atoms with Crippen LogP contribution < -0.4 is 10.1 Å². The van der Waals surface area contributed by atoms with Gasteiger partial charge in [0.15, 0.2) is 0 Å². The van der Waals surface area contributed by atoms with E-state index in [9.17, 15) is 4.79 Å². The molecule has 0 unspecified atom stereocenters. The van der Waals surface area contributed by atoms with Crippen molar-refractivity contribution in [3.8, 4) is 5.75 Å². The minimum absolute atomic E-state index is 0.0501. The fourth-order valence-electron chi connectivity index (χ4n) is 3.90. The van der Waals surface area contributed by atoms with Gasteiger partial charge in [0.1, 0.15) is 5.75 Å². The Morgan fingerprint density at radius 2 is 2.04 bits per heavy atom. The van der Waals surface area contributed by atoms with Crippen LogP contribution in [-0.4, -0.2) is 59.2 Å². The lowest BCUT2D eigenvalue weighted by atomic mass is 9.87. The second kappa shape index (κ2) is 7.52. The van der Waals surface area contributed by atoms with Gasteiger partial charge in [-0.2, -0.15) is 0 Å². The lowest BCUT2D eigenvalue weighted by Crippen LogP contribution is -2.46. The van der Waals surface area contributed by atoms with Gasteiger partial charge in [0.25, 0.3) is 5.91 Å². The van der Waals surface area contributed by atoms with E-state index in [4.69, 9.17) is 9.47 Å². The second-order valence-corrected chi connectivity index (χ2v) is 7.14. The molecule has 7 heteroatoms. The molecule has 2 saturated heterocycles. The molecule has 0 radical (unpaired) electrons. The first-order valence-electron chi connectivity index (χ1n) is 9.28. The summed E-state index contributed by atoms with van der Waals surface area (Å²) >= 11 is 0. The maximum atomic E-state index is 12.8. The van der Waals surface area contributed by atoms with Crippen molar-refractivity contribution >= 4 is 11.9 Å². The molecule has 0 aliphatic carbocycles. The fraction of sp³-hybridized carbons (Fsp3) is 0.450. The Bertz CT molecular complexity index is 791. The highest BCUT2D eigenvalue weighted by atomic mass is 16.5. The van der Waals surface area contributed by atoms with Gasteiger partial charge in [-0.25, -0.2) is 9.97 Å². The summed E-state index contributed by atoms with van der Waals surface area (Å²) in [4.78, 5) is 23.1. The van der Waals surface area contributed by atoms with E-state index in [-0.39, 0.29) is 17.6 Å². The van der Waals surface area contributed by atoms with E-state index < -0.39 is 0 Å². The van der Waals surface area contributed by atoms with Crippen LogP contribution >= 0.6 is 0 Å². The maximum Gasteiger partial charge on any atom is 0.253 e. The number of methoxy groups -OCH3 is 1. The molecule has 2 fully saturated rings. The van der Waals surface area contributed by atoms with Crippen molar-refractivity contribution in [3.63, 3.8) is 0 Å². The highest BCUT2D eigenvalue weighted by Gasteiger charge is 2.43. The molecule has 1 aromatic heterocycles. The van der Waals surface area contributed by atoms with Crippen molar-refractivity contribution in [3.05, 3.63) is 48.3 Å². The molecule has 1 atom stereocenters. The second-order valence-electron chi connectivity index (χ2n) is 7.14. The standard InChI is InChI=1S/C20H24N4O3/c1-26-17-5-2-4-15(12-17)18(25)24-10-6-20(7-11-24)13-16(14-27-20)23-19-21-8-3-9-22-19/h2-5,8-9,12,16H,6-7,10-11,13-14H2,1H3,(H,21,22,23)/t16-/m1/s1. The summed E-state index contributed by atoms with van der Waals surface area (Å²) in [6, 6.07) is 9.32. The molecule has 27 heavy (non-hydrogen) atoms. The van der Waals surface area contributed by atoms with Crippen LogP contribution in [0.1, 0.15) is 29.6 Å². The number of rotatable bonds is 4. The van der Waals surface area contributed by atoms with E-state index in [1.807, 2.05) is 23.1 Å². The van der Waals surface area contributed by atoms with Crippen LogP contribution in [0.4, 0.5) is 5.95 Å². The molecule has 3 heterocycles. The first-order valence-corrected chi connectivity index (χ1v) is 9.28. The van der Waals surface area contributed by atoms with Crippen LogP contribution in [0.3, 0.4) is 0 Å². The van der Waals surface area contributed by atoms with Gasteiger partial charge in [-0.15, -0.1) is 0 Å². The summed E-state index contributed by atoms with van der Waals surface area (Å²) in [6.07, 6.45) is 6.05. The van der Waals surface area contributed by atoms with Gasteiger partial charge in [-0.3, -0.25) is 4.79 Å². The predicted octanol–water partition coefficient (Wildman–Crippen LogP) is 2.36. The first kappa shape index (κ1) is 17.7. The summed E-state index contributed by atoms with van der Waals surface area (Å²) in [5.74, 6) is 1.38. The van der Waals surface area contributed by atoms with Gasteiger partial charge < -0.3 is 19.7 Å². The summed E-state index contributed by atoms with van der Waals surface area (Å²) in [5.41, 5.74) is 0.510. The third kappa shape index (κ3) is 3.88. The fourth-order valence-corrected chi connectivity index (χ4v) is 3.90. The zero-order valence-electron chi connectivity index (χ0n) is 15.4. The molecule has 0 saturated carbocycles. The normalized spacial score (nSPS) is 21.2. The van der Waals surface area contributed by atoms with Crippen LogP contribution in [-0.2, 0) is 4.74 Å². The van der Waals surface area contributed by atoms with Gasteiger partial charge in [0, 0.05) is 31.0 Å². The lowest BCUT2D eigenvalue weighted by molar-refractivity contribution is -0.0388. The molecule has 1 aromatic carbocycles. The largest absolute Gasteiger partial charge is 0.497 e. The molecule has 2 aliphatic heterocycles. The average molecular weight is 368 g/mol. The Balaban J connectivity index is 1.34. The number of nitrogens with one attached hydrogen (secondary N) is 1. The zero-order chi connectivity index (χ0) is 18.7. The molecule has 2 aliphatic rings. The van der Waals surface area contributed by atoms with Crippen molar-refractivity contribution in [2.45, 2.75) is 30.9 Å². The van der Waals surface area contributed by atoms with Crippen molar-refractivity contribution < 1.29 is 14.3 Å². The van der Waals surface area contributed by atoms with E-state index in [2.05, 4.69) is 15.3 Å².